The van der Waals surface area contributed by atoms with Crippen LogP contribution in [-0.2, 0) is 14.4 Å². The molecule has 3 aromatic heterocycles. The first-order chi connectivity index (χ1) is 24.3. The topological polar surface area (TPSA) is 182 Å². The molecule has 1 saturated carbocycles. The number of allylic oxidation sites excluding steroid dienone is 1. The highest BCUT2D eigenvalue weighted by Crippen LogP contribution is 2.46. The van der Waals surface area contributed by atoms with Crippen LogP contribution in [-0.4, -0.2) is 89.3 Å². The van der Waals surface area contributed by atoms with Crippen LogP contribution >= 0.6 is 22.9 Å². The molecule has 3 N–H and O–H groups in total. The molecule has 1 saturated heterocycles. The first kappa shape index (κ1) is 33.5. The molecule has 260 valence electrons. The van der Waals surface area contributed by atoms with Crippen LogP contribution in [0.1, 0.15) is 61.3 Å². The molecule has 1 aliphatic carbocycles. The van der Waals surface area contributed by atoms with Gasteiger partial charge in [-0.1, -0.05) is 25.0 Å². The molecule has 0 bridgehead atoms. The number of aromatic nitrogens is 5. The van der Waals surface area contributed by atoms with Gasteiger partial charge in [0.1, 0.15) is 39.8 Å². The Bertz CT molecular complexity index is 1890. The van der Waals surface area contributed by atoms with Gasteiger partial charge in [-0.2, -0.15) is 9.90 Å². The molecule has 5 atom stereocenters. The van der Waals surface area contributed by atoms with Crippen LogP contribution in [0, 0.1) is 5.92 Å². The van der Waals surface area contributed by atoms with Gasteiger partial charge < -0.3 is 25.4 Å². The molecule has 3 amide bonds. The van der Waals surface area contributed by atoms with Crippen molar-refractivity contribution < 1.29 is 29.0 Å². The van der Waals surface area contributed by atoms with Gasteiger partial charge in [0.15, 0.2) is 0 Å². The number of rotatable bonds is 7. The van der Waals surface area contributed by atoms with E-state index in [-0.39, 0.29) is 25.3 Å². The zero-order valence-electron chi connectivity index (χ0n) is 27.2. The van der Waals surface area contributed by atoms with Crippen molar-refractivity contribution >= 4 is 46.6 Å². The number of hydrogen-bond acceptors (Lipinski definition) is 11. The first-order valence-corrected chi connectivity index (χ1v) is 18.2. The molecule has 1 aromatic carbocycles. The lowest BCUT2D eigenvalue weighted by Gasteiger charge is -2.29. The van der Waals surface area contributed by atoms with Crippen LogP contribution in [0.3, 0.4) is 0 Å². The van der Waals surface area contributed by atoms with Crippen molar-refractivity contribution in [3.05, 3.63) is 65.1 Å². The van der Waals surface area contributed by atoms with Gasteiger partial charge in [-0.05, 0) is 61.5 Å². The predicted octanol–water partition coefficient (Wildman–Crippen LogP) is 3.95. The minimum absolute atomic E-state index is 0.0702. The van der Waals surface area contributed by atoms with Crippen molar-refractivity contribution in [2.45, 2.75) is 68.6 Å². The summed E-state index contributed by atoms with van der Waals surface area (Å²) in [5, 5.41) is 29.8. The number of carbonyl (C=O) groups excluding carboxylic acids is 3. The van der Waals surface area contributed by atoms with Crippen LogP contribution in [0.15, 0.2) is 59.6 Å². The number of nitrogens with zero attached hydrogens (tertiary/aromatic N) is 6. The van der Waals surface area contributed by atoms with E-state index in [1.807, 2.05) is 41.8 Å². The fourth-order valence-electron chi connectivity index (χ4n) is 6.72. The number of carboxylic acid groups (broad SMARTS) is 1. The van der Waals surface area contributed by atoms with E-state index < -0.39 is 47.4 Å². The fraction of sp³-hybridized carbons (Fsp3) is 0.412. The number of amides is 3. The summed E-state index contributed by atoms with van der Waals surface area (Å²) in [5.74, 6) is -2.18. The molecule has 4 aromatic rings. The number of methoxy groups -OCH3 is 1. The Morgan fingerprint density at radius 2 is 1.94 bits per heavy atom. The van der Waals surface area contributed by atoms with Gasteiger partial charge in [-0.15, -0.1) is 16.4 Å². The molecular weight excluding hydrogens is 681 g/mol. The Balaban J connectivity index is 1.24. The summed E-state index contributed by atoms with van der Waals surface area (Å²) in [6.45, 7) is 0.0702. The molecule has 2 fully saturated rings. The summed E-state index contributed by atoms with van der Waals surface area (Å²) in [6, 6.07) is 4.94. The third-order valence-electron chi connectivity index (χ3n) is 9.59. The van der Waals surface area contributed by atoms with Gasteiger partial charge >= 0.3 is 5.97 Å². The summed E-state index contributed by atoms with van der Waals surface area (Å²) < 4.78 is 9.35. The zero-order chi connectivity index (χ0) is 34.8. The smallest absolute Gasteiger partial charge is 0.330 e. The van der Waals surface area contributed by atoms with E-state index in [9.17, 15) is 24.3 Å². The molecular formula is C34H36N8O6S2. The van der Waals surface area contributed by atoms with Crippen molar-refractivity contribution in [1.29, 1.82) is 0 Å². The van der Waals surface area contributed by atoms with Crippen LogP contribution in [0.5, 0.6) is 5.75 Å². The van der Waals surface area contributed by atoms with Gasteiger partial charge in [-0.25, -0.2) is 14.2 Å². The van der Waals surface area contributed by atoms with Crippen molar-refractivity contribution in [3.8, 4) is 27.7 Å². The molecule has 0 spiro atoms. The Hall–Kier alpha value is -4.96. The first-order valence-electron chi connectivity index (χ1n) is 16.5. The van der Waals surface area contributed by atoms with Crippen LogP contribution in [0.4, 0.5) is 0 Å². The zero-order valence-corrected chi connectivity index (χ0v) is 28.9. The standard InChI is InChI=1S/C34H36N8O6S2/c1-48-24-11-9-20(10-12-24)27-28(31-35-13-14-49-31)40-42(39-27)23-15-26-30(44)38-34(33(46)47)16-22(34)7-5-3-2-4-6-8-25(32(45)41(26)18-23)37-29(43)21-17-36-50-19-21/h5,7,9-14,17,19,22-23,25-26H,2-4,6,8,15-16,18H2,1H3,(H,37,43)(H,38,44)(H,46,47)/t22-,23-,25-,26+,34+/m1/s1. The molecule has 0 unspecified atom stereocenters. The van der Waals surface area contributed by atoms with Gasteiger partial charge in [0.25, 0.3) is 5.91 Å². The van der Waals surface area contributed by atoms with Crippen LogP contribution in [0.2, 0.25) is 0 Å². The van der Waals surface area contributed by atoms with E-state index in [0.717, 1.165) is 36.4 Å². The highest BCUT2D eigenvalue weighted by atomic mass is 32.1. The maximum Gasteiger partial charge on any atom is 0.330 e. The molecule has 2 aliphatic heterocycles. The van der Waals surface area contributed by atoms with Crippen molar-refractivity contribution in [2.75, 3.05) is 13.7 Å². The van der Waals surface area contributed by atoms with E-state index in [1.165, 1.54) is 27.2 Å². The molecule has 16 heteroatoms. The number of thiazole rings is 1. The summed E-state index contributed by atoms with van der Waals surface area (Å²) in [4.78, 5) is 61.7. The molecule has 5 heterocycles. The van der Waals surface area contributed by atoms with E-state index in [4.69, 9.17) is 14.9 Å². The van der Waals surface area contributed by atoms with Gasteiger partial charge in [0.05, 0.1) is 24.9 Å². The number of fused-ring (bicyclic) bond motifs is 2. The lowest BCUT2D eigenvalue weighted by Crippen LogP contribution is -2.56. The third kappa shape index (κ3) is 6.64. The molecule has 14 nitrogen and oxygen atoms in total. The number of aliphatic carboxylic acids is 1. The molecule has 7 rings (SSSR count). The Kier molecular flexibility index (Phi) is 9.46. The SMILES string of the molecule is COc1ccc(-c2nn([C@@H]3C[C@H]4C(=O)N[C@@]5(C(=O)O)C[C@H]5C=CCCCCC[C@@H](NC(=O)c5cnsc5)C(=O)N4C3)nc2-c2nccs2)cc1. The lowest BCUT2D eigenvalue weighted by molar-refractivity contribution is -0.145. The second-order valence-electron chi connectivity index (χ2n) is 12.8. The number of benzene rings is 1. The van der Waals surface area contributed by atoms with E-state index in [1.54, 1.807) is 18.7 Å². The summed E-state index contributed by atoms with van der Waals surface area (Å²) in [6.07, 6.45) is 10.8. The molecule has 50 heavy (non-hydrogen) atoms. The number of hydrogen-bond donors (Lipinski definition) is 3. The second kappa shape index (κ2) is 14.1. The number of nitrogens with one attached hydrogen (secondary N) is 2. The summed E-state index contributed by atoms with van der Waals surface area (Å²) >= 11 is 2.55. The van der Waals surface area contributed by atoms with E-state index in [0.29, 0.717) is 40.6 Å². The normalized spacial score (nSPS) is 25.5. The summed E-state index contributed by atoms with van der Waals surface area (Å²) in [5.41, 5.74) is 0.823. The lowest BCUT2D eigenvalue weighted by atomic mass is 10.0. The maximum atomic E-state index is 14.5. The highest BCUT2D eigenvalue weighted by molar-refractivity contribution is 7.13. The Morgan fingerprint density at radius 1 is 1.12 bits per heavy atom. The Labute approximate surface area is 295 Å². The van der Waals surface area contributed by atoms with Crippen molar-refractivity contribution in [1.82, 2.24) is 39.9 Å². The Morgan fingerprint density at radius 3 is 2.66 bits per heavy atom. The van der Waals surface area contributed by atoms with Gasteiger partial charge in [0.2, 0.25) is 11.8 Å². The van der Waals surface area contributed by atoms with Gasteiger partial charge in [-0.3, -0.25) is 14.4 Å². The number of carboxylic acids is 1. The van der Waals surface area contributed by atoms with Crippen LogP contribution < -0.4 is 15.4 Å². The van der Waals surface area contributed by atoms with Crippen LogP contribution in [0.25, 0.3) is 22.0 Å². The number of carbonyl (C=O) groups is 4. The highest BCUT2D eigenvalue weighted by Gasteiger charge is 2.61. The average Bonchev–Trinajstić information content (AvgIpc) is 3.77. The fourth-order valence-corrected chi connectivity index (χ4v) is 7.86. The number of ether oxygens (including phenoxy) is 1. The van der Waals surface area contributed by atoms with E-state index >= 15 is 0 Å². The third-order valence-corrected chi connectivity index (χ3v) is 11.0. The minimum atomic E-state index is -1.44. The van der Waals surface area contributed by atoms with E-state index in [2.05, 4.69) is 20.0 Å². The molecule has 0 radical (unpaired) electrons. The second-order valence-corrected chi connectivity index (χ2v) is 14.3. The van der Waals surface area contributed by atoms with Crippen molar-refractivity contribution in [2.24, 2.45) is 5.92 Å². The summed E-state index contributed by atoms with van der Waals surface area (Å²) in [7, 11) is 1.59. The van der Waals surface area contributed by atoms with Gasteiger partial charge in [0, 0.05) is 41.4 Å². The largest absolute Gasteiger partial charge is 0.497 e. The average molecular weight is 717 g/mol. The minimum Gasteiger partial charge on any atom is -0.497 e. The quantitative estimate of drug-likeness (QED) is 0.237. The maximum absolute atomic E-state index is 14.5. The predicted molar refractivity (Wildman–Crippen MR) is 184 cm³/mol. The molecule has 3 aliphatic rings. The monoisotopic (exact) mass is 716 g/mol. The van der Waals surface area contributed by atoms with Crippen molar-refractivity contribution in [3.63, 3.8) is 0 Å².